The predicted octanol–water partition coefficient (Wildman–Crippen LogP) is 1.99. The Balaban J connectivity index is 2.03. The van der Waals surface area contributed by atoms with Gasteiger partial charge in [-0.25, -0.2) is 13.2 Å². The normalized spacial score (nSPS) is 17.4. The van der Waals surface area contributed by atoms with Crippen molar-refractivity contribution < 1.29 is 17.9 Å². The third-order valence-corrected chi connectivity index (χ3v) is 5.43. The summed E-state index contributed by atoms with van der Waals surface area (Å²) < 4.78 is 26.8. The SMILES string of the molecule is CS(=O)(=O)SCCNC(=O)OCC1CCCCC1. The van der Waals surface area contributed by atoms with E-state index in [1.165, 1.54) is 19.3 Å². The van der Waals surface area contributed by atoms with Crippen molar-refractivity contribution in [1.29, 1.82) is 0 Å². The van der Waals surface area contributed by atoms with E-state index in [1.54, 1.807) is 0 Å². The van der Waals surface area contributed by atoms with Crippen molar-refractivity contribution in [2.24, 2.45) is 5.92 Å². The minimum absolute atomic E-state index is 0.307. The smallest absolute Gasteiger partial charge is 0.407 e. The first-order chi connectivity index (χ1) is 8.47. The molecule has 0 aliphatic heterocycles. The van der Waals surface area contributed by atoms with E-state index in [2.05, 4.69) is 5.32 Å². The number of alkyl carbamates (subject to hydrolysis) is 1. The van der Waals surface area contributed by atoms with Crippen LogP contribution in [0.4, 0.5) is 4.79 Å². The Labute approximate surface area is 112 Å². The summed E-state index contributed by atoms with van der Waals surface area (Å²) in [6.45, 7) is 0.784. The zero-order valence-electron chi connectivity index (χ0n) is 10.7. The van der Waals surface area contributed by atoms with E-state index < -0.39 is 15.0 Å². The van der Waals surface area contributed by atoms with Crippen LogP contribution in [0.2, 0.25) is 0 Å². The lowest BCUT2D eigenvalue weighted by Crippen LogP contribution is -2.29. The van der Waals surface area contributed by atoms with Crippen LogP contribution in [0.5, 0.6) is 0 Å². The first-order valence-corrected chi connectivity index (χ1v) is 9.62. The van der Waals surface area contributed by atoms with E-state index >= 15 is 0 Å². The number of hydrogen-bond acceptors (Lipinski definition) is 5. The van der Waals surface area contributed by atoms with E-state index in [0.717, 1.165) is 29.9 Å². The van der Waals surface area contributed by atoms with Gasteiger partial charge in [-0.2, -0.15) is 0 Å². The van der Waals surface area contributed by atoms with Gasteiger partial charge in [0, 0.05) is 18.6 Å². The Bertz CT molecular complexity index is 350. The van der Waals surface area contributed by atoms with Gasteiger partial charge in [-0.3, -0.25) is 0 Å². The van der Waals surface area contributed by atoms with E-state index in [0.29, 0.717) is 24.8 Å². The van der Waals surface area contributed by atoms with Crippen LogP contribution >= 0.6 is 10.8 Å². The van der Waals surface area contributed by atoms with Gasteiger partial charge in [-0.15, -0.1) is 0 Å². The highest BCUT2D eigenvalue weighted by Crippen LogP contribution is 2.23. The van der Waals surface area contributed by atoms with Crippen molar-refractivity contribution in [3.63, 3.8) is 0 Å². The summed E-state index contributed by atoms with van der Waals surface area (Å²) in [6.07, 6.45) is 6.70. The summed E-state index contributed by atoms with van der Waals surface area (Å²) in [5, 5.41) is 2.55. The third kappa shape index (κ3) is 7.81. The molecule has 18 heavy (non-hydrogen) atoms. The van der Waals surface area contributed by atoms with Crippen LogP contribution in [-0.2, 0) is 13.6 Å². The topological polar surface area (TPSA) is 72.5 Å². The fraction of sp³-hybridized carbons (Fsp3) is 0.909. The van der Waals surface area contributed by atoms with E-state index in [4.69, 9.17) is 4.74 Å². The van der Waals surface area contributed by atoms with Crippen LogP contribution in [0.1, 0.15) is 32.1 Å². The first kappa shape index (κ1) is 15.6. The summed E-state index contributed by atoms with van der Waals surface area (Å²) in [6, 6.07) is 0. The molecule has 1 aliphatic rings. The number of carbonyl (C=O) groups excluding carboxylic acids is 1. The quantitative estimate of drug-likeness (QED) is 0.599. The van der Waals surface area contributed by atoms with Crippen LogP contribution in [0, 0.1) is 5.92 Å². The van der Waals surface area contributed by atoms with Crippen LogP contribution < -0.4 is 5.32 Å². The number of rotatable bonds is 6. The first-order valence-electron chi connectivity index (χ1n) is 6.22. The van der Waals surface area contributed by atoms with Crippen molar-refractivity contribution in [2.75, 3.05) is 25.2 Å². The molecule has 0 aromatic rings. The molecular formula is C11H21NO4S2. The molecule has 5 nitrogen and oxygen atoms in total. The summed E-state index contributed by atoms with van der Waals surface area (Å²) in [5.41, 5.74) is 0. The van der Waals surface area contributed by atoms with Gasteiger partial charge in [-0.05, 0) is 29.6 Å². The fourth-order valence-electron chi connectivity index (χ4n) is 1.94. The largest absolute Gasteiger partial charge is 0.449 e. The van der Waals surface area contributed by atoms with Crippen molar-refractivity contribution in [3.8, 4) is 0 Å². The highest BCUT2D eigenvalue weighted by atomic mass is 33.1. The molecule has 0 bridgehead atoms. The number of amides is 1. The van der Waals surface area contributed by atoms with E-state index in [9.17, 15) is 13.2 Å². The van der Waals surface area contributed by atoms with Crippen molar-refractivity contribution in [1.82, 2.24) is 5.32 Å². The lowest BCUT2D eigenvalue weighted by molar-refractivity contribution is 0.116. The van der Waals surface area contributed by atoms with Crippen LogP contribution in [0.25, 0.3) is 0 Å². The second-order valence-corrected chi connectivity index (χ2v) is 9.13. The molecule has 1 N–H and O–H groups in total. The molecule has 1 rings (SSSR count). The lowest BCUT2D eigenvalue weighted by atomic mass is 9.90. The van der Waals surface area contributed by atoms with Gasteiger partial charge in [0.2, 0.25) is 0 Å². The third-order valence-electron chi connectivity index (χ3n) is 2.84. The summed E-state index contributed by atoms with van der Waals surface area (Å²) in [7, 11) is -2.20. The van der Waals surface area contributed by atoms with Crippen LogP contribution in [0.15, 0.2) is 0 Å². The number of carbonyl (C=O) groups is 1. The molecule has 1 amide bonds. The fourth-order valence-corrected chi connectivity index (χ4v) is 3.59. The highest BCUT2D eigenvalue weighted by Gasteiger charge is 2.15. The highest BCUT2D eigenvalue weighted by molar-refractivity contribution is 8.71. The van der Waals surface area contributed by atoms with Gasteiger partial charge >= 0.3 is 6.09 Å². The molecule has 7 heteroatoms. The summed E-state index contributed by atoms with van der Waals surface area (Å²) >= 11 is 0. The maximum absolute atomic E-state index is 11.3. The molecule has 0 heterocycles. The number of nitrogens with one attached hydrogen (secondary N) is 1. The zero-order chi connectivity index (χ0) is 13.4. The average Bonchev–Trinajstić information content (AvgIpc) is 2.32. The van der Waals surface area contributed by atoms with Gasteiger partial charge < -0.3 is 10.1 Å². The maximum Gasteiger partial charge on any atom is 0.407 e. The molecule has 0 radical (unpaired) electrons. The Kier molecular flexibility index (Phi) is 6.85. The predicted molar refractivity (Wildman–Crippen MR) is 73.2 cm³/mol. The van der Waals surface area contributed by atoms with Crippen LogP contribution in [-0.4, -0.2) is 39.7 Å². The summed E-state index contributed by atoms with van der Waals surface area (Å²) in [4.78, 5) is 11.3. The van der Waals surface area contributed by atoms with Crippen LogP contribution in [0.3, 0.4) is 0 Å². The molecule has 1 aliphatic carbocycles. The Morgan fingerprint density at radius 2 is 2.00 bits per heavy atom. The molecule has 0 atom stereocenters. The average molecular weight is 295 g/mol. The molecule has 0 aromatic carbocycles. The molecule has 0 saturated heterocycles. The Morgan fingerprint density at radius 3 is 2.61 bits per heavy atom. The molecule has 1 fully saturated rings. The lowest BCUT2D eigenvalue weighted by Gasteiger charge is -2.21. The molecule has 106 valence electrons. The van der Waals surface area contributed by atoms with Gasteiger partial charge in [0.1, 0.15) is 0 Å². The molecular weight excluding hydrogens is 274 g/mol. The number of hydrogen-bond donors (Lipinski definition) is 1. The maximum atomic E-state index is 11.3. The van der Waals surface area contributed by atoms with Gasteiger partial charge in [-0.1, -0.05) is 19.3 Å². The van der Waals surface area contributed by atoms with Crippen molar-refractivity contribution in [3.05, 3.63) is 0 Å². The second kappa shape index (κ2) is 7.89. The monoisotopic (exact) mass is 295 g/mol. The summed E-state index contributed by atoms with van der Waals surface area (Å²) in [5.74, 6) is 0.840. The molecule has 0 aromatic heterocycles. The molecule has 0 unspecified atom stereocenters. The van der Waals surface area contributed by atoms with Crippen molar-refractivity contribution in [2.45, 2.75) is 32.1 Å². The van der Waals surface area contributed by atoms with Crippen molar-refractivity contribution >= 4 is 25.8 Å². The Morgan fingerprint density at radius 1 is 1.33 bits per heavy atom. The minimum atomic E-state index is -3.03. The second-order valence-electron chi connectivity index (χ2n) is 4.56. The number of ether oxygens (including phenoxy) is 1. The molecule has 0 spiro atoms. The standard InChI is InChI=1S/C11H21NO4S2/c1-18(14,15)17-8-7-12-11(13)16-9-10-5-3-2-4-6-10/h10H,2-9H2,1H3,(H,12,13). The Hall–Kier alpha value is -0.430. The van der Waals surface area contributed by atoms with E-state index in [-0.39, 0.29) is 0 Å². The molecule has 1 saturated carbocycles. The minimum Gasteiger partial charge on any atom is -0.449 e. The van der Waals surface area contributed by atoms with Gasteiger partial charge in [0.25, 0.3) is 0 Å². The van der Waals surface area contributed by atoms with E-state index in [1.807, 2.05) is 0 Å². The van der Waals surface area contributed by atoms with Gasteiger partial charge in [0.05, 0.1) is 6.61 Å². The zero-order valence-corrected chi connectivity index (χ0v) is 12.3. The van der Waals surface area contributed by atoms with Gasteiger partial charge in [0.15, 0.2) is 8.87 Å².